The van der Waals surface area contributed by atoms with E-state index in [1.165, 1.54) is 19.1 Å². The highest BCUT2D eigenvalue weighted by molar-refractivity contribution is 7.92. The van der Waals surface area contributed by atoms with E-state index in [4.69, 9.17) is 4.74 Å². The van der Waals surface area contributed by atoms with Gasteiger partial charge in [-0.15, -0.1) is 0 Å². The minimum absolute atomic E-state index is 0.0871. The molecule has 0 saturated heterocycles. The molecule has 0 unspecified atom stereocenters. The highest BCUT2D eigenvalue weighted by Crippen LogP contribution is 2.29. The summed E-state index contributed by atoms with van der Waals surface area (Å²) in [5.74, 6) is 0.0834. The van der Waals surface area contributed by atoms with E-state index in [0.29, 0.717) is 17.9 Å². The number of aryl methyl sites for hydroxylation is 1. The lowest BCUT2D eigenvalue weighted by molar-refractivity contribution is -0.384. The Balaban J connectivity index is 2.31. The number of hydrogen-bond acceptors (Lipinski definition) is 6. The molecule has 10 heteroatoms. The van der Waals surface area contributed by atoms with Crippen LogP contribution in [-0.2, 0) is 21.4 Å². The molecule has 0 spiro atoms. The lowest BCUT2D eigenvalue weighted by Crippen LogP contribution is -2.48. The van der Waals surface area contributed by atoms with Crippen molar-refractivity contribution < 1.29 is 22.9 Å². The minimum atomic E-state index is -3.90. The molecule has 0 aliphatic rings. The third-order valence-corrected chi connectivity index (χ3v) is 5.68. The van der Waals surface area contributed by atoms with Crippen molar-refractivity contribution in [2.45, 2.75) is 33.4 Å². The molecule has 9 nitrogen and oxygen atoms in total. The van der Waals surface area contributed by atoms with Crippen LogP contribution in [0.3, 0.4) is 0 Å². The number of rotatable bonds is 9. The van der Waals surface area contributed by atoms with Crippen LogP contribution < -0.4 is 14.4 Å². The summed E-state index contributed by atoms with van der Waals surface area (Å²) in [5.41, 5.74) is 1.07. The Labute approximate surface area is 175 Å². The van der Waals surface area contributed by atoms with Crippen LogP contribution in [0.1, 0.15) is 25.0 Å². The van der Waals surface area contributed by atoms with Crippen LogP contribution in [0.5, 0.6) is 5.75 Å². The number of ether oxygens (including phenoxy) is 1. The Bertz CT molecular complexity index is 1040. The lowest BCUT2D eigenvalue weighted by atomic mass is 10.1. The first-order valence-electron chi connectivity index (χ1n) is 9.29. The van der Waals surface area contributed by atoms with Crippen molar-refractivity contribution in [2.24, 2.45) is 0 Å². The summed E-state index contributed by atoms with van der Waals surface area (Å²) in [6, 6.07) is 9.98. The van der Waals surface area contributed by atoms with Crippen molar-refractivity contribution >= 4 is 27.3 Å². The molecule has 1 amide bonds. The molecule has 0 aliphatic carbocycles. The van der Waals surface area contributed by atoms with E-state index in [9.17, 15) is 23.3 Å². The number of amides is 1. The fraction of sp³-hybridized carbons (Fsp3) is 0.350. The second-order valence-corrected chi connectivity index (χ2v) is 8.58. The largest absolute Gasteiger partial charge is 0.494 e. The van der Waals surface area contributed by atoms with E-state index in [2.05, 4.69) is 5.32 Å². The van der Waals surface area contributed by atoms with Gasteiger partial charge in [0, 0.05) is 24.2 Å². The van der Waals surface area contributed by atoms with Crippen molar-refractivity contribution in [1.29, 1.82) is 0 Å². The van der Waals surface area contributed by atoms with E-state index in [1.54, 1.807) is 19.1 Å². The molecule has 0 radical (unpaired) electrons. The molecule has 2 rings (SSSR count). The summed E-state index contributed by atoms with van der Waals surface area (Å²) in [4.78, 5) is 23.3. The Morgan fingerprint density at radius 3 is 2.53 bits per heavy atom. The van der Waals surface area contributed by atoms with E-state index in [0.717, 1.165) is 22.2 Å². The molecule has 1 N–H and O–H groups in total. The number of nitro benzene ring substituents is 1. The summed E-state index contributed by atoms with van der Waals surface area (Å²) in [7, 11) is -3.90. The zero-order chi connectivity index (χ0) is 22.5. The van der Waals surface area contributed by atoms with Gasteiger partial charge < -0.3 is 10.1 Å². The maximum atomic E-state index is 12.8. The first-order chi connectivity index (χ1) is 14.1. The predicted molar refractivity (Wildman–Crippen MR) is 114 cm³/mol. The Morgan fingerprint density at radius 1 is 1.27 bits per heavy atom. The lowest BCUT2D eigenvalue weighted by Gasteiger charge is -2.29. The number of nitrogens with one attached hydrogen (secondary N) is 1. The van der Waals surface area contributed by atoms with Crippen molar-refractivity contribution in [2.75, 3.05) is 17.2 Å². The molecule has 0 heterocycles. The zero-order valence-electron chi connectivity index (χ0n) is 17.3. The van der Waals surface area contributed by atoms with Crippen molar-refractivity contribution in [3.8, 4) is 5.75 Å². The van der Waals surface area contributed by atoms with Gasteiger partial charge >= 0.3 is 0 Å². The average molecular weight is 436 g/mol. The minimum Gasteiger partial charge on any atom is -0.494 e. The van der Waals surface area contributed by atoms with Gasteiger partial charge in [-0.05, 0) is 32.4 Å². The first-order valence-corrected chi connectivity index (χ1v) is 11.1. The number of sulfonamides is 1. The Hall–Kier alpha value is -3.14. The third-order valence-electron chi connectivity index (χ3n) is 4.45. The SMILES string of the molecule is CCOc1ccccc1CNC(=O)[C@@H](C)N(c1cc([N+](=O)[O-])ccc1C)S(C)(=O)=O. The normalized spacial score (nSPS) is 12.1. The van der Waals surface area contributed by atoms with E-state index >= 15 is 0 Å². The second-order valence-electron chi connectivity index (χ2n) is 6.72. The van der Waals surface area contributed by atoms with Crippen LogP contribution in [0.2, 0.25) is 0 Å². The first kappa shape index (κ1) is 23.1. The summed E-state index contributed by atoms with van der Waals surface area (Å²) in [5, 5.41) is 13.8. The maximum Gasteiger partial charge on any atom is 0.271 e. The summed E-state index contributed by atoms with van der Waals surface area (Å²) in [6.45, 7) is 5.52. The summed E-state index contributed by atoms with van der Waals surface area (Å²) >= 11 is 0. The topological polar surface area (TPSA) is 119 Å². The molecule has 0 fully saturated rings. The van der Waals surface area contributed by atoms with Gasteiger partial charge in [0.25, 0.3) is 5.69 Å². The molecule has 2 aromatic rings. The number of hydrogen-bond donors (Lipinski definition) is 1. The number of benzene rings is 2. The molecular weight excluding hydrogens is 410 g/mol. The number of carbonyl (C=O) groups excluding carboxylic acids is 1. The van der Waals surface area contributed by atoms with Crippen LogP contribution >= 0.6 is 0 Å². The quantitative estimate of drug-likeness (QED) is 0.478. The van der Waals surface area contributed by atoms with E-state index in [1.807, 2.05) is 19.1 Å². The van der Waals surface area contributed by atoms with Crippen LogP contribution in [0.15, 0.2) is 42.5 Å². The van der Waals surface area contributed by atoms with Crippen LogP contribution in [0.4, 0.5) is 11.4 Å². The van der Waals surface area contributed by atoms with Crippen LogP contribution in [0.25, 0.3) is 0 Å². The number of nitro groups is 1. The molecule has 0 saturated carbocycles. The van der Waals surface area contributed by atoms with Gasteiger partial charge in [-0.25, -0.2) is 8.42 Å². The average Bonchev–Trinajstić information content (AvgIpc) is 2.67. The fourth-order valence-electron chi connectivity index (χ4n) is 3.01. The van der Waals surface area contributed by atoms with Gasteiger partial charge in [-0.2, -0.15) is 0 Å². The molecule has 2 aromatic carbocycles. The maximum absolute atomic E-state index is 12.8. The third kappa shape index (κ3) is 5.47. The number of anilines is 1. The highest BCUT2D eigenvalue weighted by atomic mass is 32.2. The van der Waals surface area contributed by atoms with E-state index < -0.39 is 26.9 Å². The summed E-state index contributed by atoms with van der Waals surface area (Å²) < 4.78 is 31.4. The Morgan fingerprint density at radius 2 is 1.93 bits per heavy atom. The van der Waals surface area contributed by atoms with Gasteiger partial charge in [-0.1, -0.05) is 24.3 Å². The highest BCUT2D eigenvalue weighted by Gasteiger charge is 2.31. The molecule has 0 bridgehead atoms. The Kier molecular flexibility index (Phi) is 7.38. The molecule has 0 aliphatic heterocycles. The standard InChI is InChI=1S/C20H25N3O6S/c1-5-29-19-9-7-6-8-16(19)13-21-20(24)15(3)22(30(4,27)28)18-12-17(23(25)26)11-10-14(18)2/h6-12,15H,5,13H2,1-4H3,(H,21,24)/t15-/m1/s1. The van der Waals surface area contributed by atoms with Crippen LogP contribution in [-0.4, -0.2) is 38.2 Å². The van der Waals surface area contributed by atoms with Gasteiger partial charge in [0.05, 0.1) is 23.5 Å². The van der Waals surface area contributed by atoms with E-state index in [-0.39, 0.29) is 17.9 Å². The van der Waals surface area contributed by atoms with Crippen molar-refractivity contribution in [1.82, 2.24) is 5.32 Å². The second kappa shape index (κ2) is 9.57. The fourth-order valence-corrected chi connectivity index (χ4v) is 4.23. The molecular formula is C20H25N3O6S. The summed E-state index contributed by atoms with van der Waals surface area (Å²) in [6.07, 6.45) is 0.958. The van der Waals surface area contributed by atoms with Gasteiger partial charge in [0.15, 0.2) is 0 Å². The van der Waals surface area contributed by atoms with Crippen LogP contribution in [0, 0.1) is 17.0 Å². The predicted octanol–water partition coefficient (Wildman–Crippen LogP) is 2.77. The van der Waals surface area contributed by atoms with Crippen molar-refractivity contribution in [3.63, 3.8) is 0 Å². The molecule has 162 valence electrons. The number of nitrogens with zero attached hydrogens (tertiary/aromatic N) is 2. The monoisotopic (exact) mass is 435 g/mol. The van der Waals surface area contributed by atoms with Gasteiger partial charge in [0.1, 0.15) is 11.8 Å². The number of carbonyl (C=O) groups is 1. The molecule has 0 aromatic heterocycles. The number of non-ortho nitro benzene ring substituents is 1. The molecule has 30 heavy (non-hydrogen) atoms. The van der Waals surface area contributed by atoms with Gasteiger partial charge in [-0.3, -0.25) is 19.2 Å². The van der Waals surface area contributed by atoms with Gasteiger partial charge in [0.2, 0.25) is 15.9 Å². The van der Waals surface area contributed by atoms with Crippen molar-refractivity contribution in [3.05, 3.63) is 63.7 Å². The molecule has 1 atom stereocenters. The zero-order valence-corrected chi connectivity index (χ0v) is 18.1. The smallest absolute Gasteiger partial charge is 0.271 e. The number of para-hydroxylation sites is 1.